The average Bonchev–Trinajstić information content (AvgIpc) is 2.14. The molecule has 3 nitrogen and oxygen atoms in total. The molecule has 6 heteroatoms. The Kier molecular flexibility index (Phi) is 3.63. The summed E-state index contributed by atoms with van der Waals surface area (Å²) in [5, 5.41) is 17.4. The Hall–Kier alpha value is -2.16. The summed E-state index contributed by atoms with van der Waals surface area (Å²) in [6.07, 6.45) is -5.06. The number of carboxylic acids is 1. The van der Waals surface area contributed by atoms with Crippen molar-refractivity contribution in [2.45, 2.75) is 12.6 Å². The highest BCUT2D eigenvalue weighted by Gasteiger charge is 2.31. The van der Waals surface area contributed by atoms with Gasteiger partial charge in [0, 0.05) is 5.56 Å². The third-order valence-electron chi connectivity index (χ3n) is 1.72. The molecule has 0 atom stereocenters. The maximum atomic E-state index is 12.3. The van der Waals surface area contributed by atoms with E-state index >= 15 is 0 Å². The van der Waals surface area contributed by atoms with Gasteiger partial charge < -0.3 is 10.2 Å². The SMILES string of the molecule is O=C(O)CC#Cc1cc(O)cc(C(F)(F)F)c1. The van der Waals surface area contributed by atoms with E-state index in [4.69, 9.17) is 10.2 Å². The smallest absolute Gasteiger partial charge is 0.416 e. The predicted molar refractivity (Wildman–Crippen MR) is 52.2 cm³/mol. The number of benzene rings is 1. The van der Waals surface area contributed by atoms with E-state index in [-0.39, 0.29) is 5.56 Å². The zero-order valence-corrected chi connectivity index (χ0v) is 8.38. The fourth-order valence-electron chi connectivity index (χ4n) is 1.07. The second-order valence-electron chi connectivity index (χ2n) is 3.14. The molecule has 17 heavy (non-hydrogen) atoms. The number of aromatic hydroxyl groups is 1. The Bertz CT molecular complexity index is 495. The summed E-state index contributed by atoms with van der Waals surface area (Å²) in [4.78, 5) is 10.2. The van der Waals surface area contributed by atoms with E-state index in [0.717, 1.165) is 12.1 Å². The first-order valence-corrected chi connectivity index (χ1v) is 4.41. The molecule has 0 bridgehead atoms. The molecular formula is C11H7F3O3. The molecule has 0 heterocycles. The number of alkyl halides is 3. The van der Waals surface area contributed by atoms with E-state index in [2.05, 4.69) is 11.8 Å². The summed E-state index contributed by atoms with van der Waals surface area (Å²) < 4.78 is 37.0. The largest absolute Gasteiger partial charge is 0.508 e. The number of aliphatic carboxylic acids is 1. The molecule has 0 spiro atoms. The molecule has 0 saturated heterocycles. The highest BCUT2D eigenvalue weighted by molar-refractivity contribution is 5.70. The first kappa shape index (κ1) is 12.9. The van der Waals surface area contributed by atoms with Gasteiger partial charge >= 0.3 is 12.1 Å². The van der Waals surface area contributed by atoms with Gasteiger partial charge in [0.2, 0.25) is 0 Å². The highest BCUT2D eigenvalue weighted by atomic mass is 19.4. The third kappa shape index (κ3) is 4.07. The van der Waals surface area contributed by atoms with E-state index in [1.165, 1.54) is 0 Å². The lowest BCUT2D eigenvalue weighted by molar-refractivity contribution is -0.138. The van der Waals surface area contributed by atoms with Crippen LogP contribution in [0, 0.1) is 11.8 Å². The molecular weight excluding hydrogens is 237 g/mol. The Balaban J connectivity index is 3.05. The lowest BCUT2D eigenvalue weighted by Gasteiger charge is -2.07. The average molecular weight is 244 g/mol. The minimum Gasteiger partial charge on any atom is -0.508 e. The molecule has 0 radical (unpaired) electrons. The Labute approximate surface area is 94.5 Å². The van der Waals surface area contributed by atoms with Crippen molar-refractivity contribution in [2.24, 2.45) is 0 Å². The van der Waals surface area contributed by atoms with Crippen LogP contribution >= 0.6 is 0 Å². The van der Waals surface area contributed by atoms with Gasteiger partial charge in [0.1, 0.15) is 12.2 Å². The summed E-state index contributed by atoms with van der Waals surface area (Å²) in [7, 11) is 0. The van der Waals surface area contributed by atoms with Gasteiger partial charge in [-0.25, -0.2) is 0 Å². The predicted octanol–water partition coefficient (Wildman–Crippen LogP) is 2.24. The molecule has 1 aromatic carbocycles. The second kappa shape index (κ2) is 4.78. The number of hydrogen-bond donors (Lipinski definition) is 2. The number of rotatable bonds is 1. The fourth-order valence-corrected chi connectivity index (χ4v) is 1.07. The molecule has 0 aliphatic rings. The minimum atomic E-state index is -4.58. The Morgan fingerprint density at radius 3 is 2.47 bits per heavy atom. The van der Waals surface area contributed by atoms with Crippen molar-refractivity contribution in [3.63, 3.8) is 0 Å². The number of phenolic OH excluding ortho intramolecular Hbond substituents is 1. The van der Waals surface area contributed by atoms with Crippen LogP contribution in [0.2, 0.25) is 0 Å². The van der Waals surface area contributed by atoms with Crippen molar-refractivity contribution in [3.8, 4) is 17.6 Å². The molecule has 0 aliphatic carbocycles. The number of phenols is 1. The first-order chi connectivity index (χ1) is 7.79. The minimum absolute atomic E-state index is 0.0847. The topological polar surface area (TPSA) is 57.5 Å². The number of hydrogen-bond acceptors (Lipinski definition) is 2. The summed E-state index contributed by atoms with van der Waals surface area (Å²) in [5.74, 6) is 2.68. The van der Waals surface area contributed by atoms with Gasteiger partial charge in [-0.3, -0.25) is 4.79 Å². The van der Waals surface area contributed by atoms with Gasteiger partial charge in [0.25, 0.3) is 0 Å². The van der Waals surface area contributed by atoms with Crippen LogP contribution in [0.1, 0.15) is 17.5 Å². The summed E-state index contributed by atoms with van der Waals surface area (Å²) in [6.45, 7) is 0. The molecule has 0 amide bonds. The fraction of sp³-hybridized carbons (Fsp3) is 0.182. The molecule has 1 aromatic rings. The van der Waals surface area contributed by atoms with E-state index in [1.54, 1.807) is 0 Å². The number of halogens is 3. The molecule has 0 aliphatic heterocycles. The van der Waals surface area contributed by atoms with Crippen LogP contribution in [-0.2, 0) is 11.0 Å². The lowest BCUT2D eigenvalue weighted by atomic mass is 10.1. The standard InChI is InChI=1S/C11H7F3O3/c12-11(13,14)8-4-7(5-9(15)6-8)2-1-3-10(16)17/h4-6,15H,3H2,(H,16,17). The molecule has 0 saturated carbocycles. The zero-order valence-electron chi connectivity index (χ0n) is 8.38. The summed E-state index contributed by atoms with van der Waals surface area (Å²) >= 11 is 0. The van der Waals surface area contributed by atoms with Crippen molar-refractivity contribution < 1.29 is 28.2 Å². The maximum absolute atomic E-state index is 12.3. The van der Waals surface area contributed by atoms with Crippen LogP contribution < -0.4 is 0 Å². The molecule has 0 fully saturated rings. The number of carbonyl (C=O) groups is 1. The first-order valence-electron chi connectivity index (χ1n) is 4.41. The van der Waals surface area contributed by atoms with Gasteiger partial charge in [-0.15, -0.1) is 0 Å². The van der Waals surface area contributed by atoms with Crippen LogP contribution in [0.25, 0.3) is 0 Å². The Morgan fingerprint density at radius 1 is 1.29 bits per heavy atom. The second-order valence-corrected chi connectivity index (χ2v) is 3.14. The van der Waals surface area contributed by atoms with Gasteiger partial charge in [0.15, 0.2) is 0 Å². The van der Waals surface area contributed by atoms with E-state index in [0.29, 0.717) is 6.07 Å². The van der Waals surface area contributed by atoms with Gasteiger partial charge in [-0.1, -0.05) is 11.8 Å². The van der Waals surface area contributed by atoms with Crippen LogP contribution in [0.3, 0.4) is 0 Å². The molecule has 2 N–H and O–H groups in total. The molecule has 90 valence electrons. The van der Waals surface area contributed by atoms with Crippen LogP contribution in [0.5, 0.6) is 5.75 Å². The van der Waals surface area contributed by atoms with Crippen molar-refractivity contribution >= 4 is 5.97 Å². The molecule has 0 aromatic heterocycles. The molecule has 1 rings (SSSR count). The zero-order chi connectivity index (χ0) is 13.1. The number of carboxylic acid groups (broad SMARTS) is 1. The van der Waals surface area contributed by atoms with E-state index in [9.17, 15) is 18.0 Å². The monoisotopic (exact) mass is 244 g/mol. The maximum Gasteiger partial charge on any atom is 0.416 e. The van der Waals surface area contributed by atoms with Crippen molar-refractivity contribution in [3.05, 3.63) is 29.3 Å². The summed E-state index contributed by atoms with van der Waals surface area (Å²) in [6, 6.07) is 2.35. The van der Waals surface area contributed by atoms with Gasteiger partial charge in [0.05, 0.1) is 5.56 Å². The normalized spacial score (nSPS) is 10.5. The van der Waals surface area contributed by atoms with Crippen LogP contribution in [-0.4, -0.2) is 16.2 Å². The lowest BCUT2D eigenvalue weighted by Crippen LogP contribution is -2.04. The van der Waals surface area contributed by atoms with Gasteiger partial charge in [-0.2, -0.15) is 13.2 Å². The van der Waals surface area contributed by atoms with Crippen LogP contribution in [0.4, 0.5) is 13.2 Å². The Morgan fingerprint density at radius 2 is 1.94 bits per heavy atom. The summed E-state index contributed by atoms with van der Waals surface area (Å²) in [5.41, 5.74) is -1.12. The van der Waals surface area contributed by atoms with E-state index in [1.807, 2.05) is 0 Å². The van der Waals surface area contributed by atoms with Crippen molar-refractivity contribution in [1.29, 1.82) is 0 Å². The quantitative estimate of drug-likeness (QED) is 0.745. The van der Waals surface area contributed by atoms with Crippen LogP contribution in [0.15, 0.2) is 18.2 Å². The van der Waals surface area contributed by atoms with Crippen molar-refractivity contribution in [2.75, 3.05) is 0 Å². The van der Waals surface area contributed by atoms with Crippen molar-refractivity contribution in [1.82, 2.24) is 0 Å². The molecule has 0 unspecified atom stereocenters. The van der Waals surface area contributed by atoms with Gasteiger partial charge in [-0.05, 0) is 18.2 Å². The third-order valence-corrected chi connectivity index (χ3v) is 1.72. The highest BCUT2D eigenvalue weighted by Crippen LogP contribution is 2.32. The van der Waals surface area contributed by atoms with E-state index < -0.39 is 29.9 Å².